The normalized spacial score (nSPS) is 11.6. The highest BCUT2D eigenvalue weighted by Gasteiger charge is 2.19. The molecule has 0 radical (unpaired) electrons. The Morgan fingerprint density at radius 1 is 0.339 bits per heavy atom. The minimum Gasteiger partial charge on any atom is -0.456 e. The number of benzene rings is 8. The summed E-state index contributed by atoms with van der Waals surface area (Å²) in [5.74, 6) is 1.89. The maximum Gasteiger partial charge on any atom is 0.164 e. The maximum atomic E-state index is 6.51. The van der Waals surface area contributed by atoms with Crippen LogP contribution in [-0.4, -0.2) is 19.5 Å². The Kier molecular flexibility index (Phi) is 7.42. The third-order valence-corrected chi connectivity index (χ3v) is 10.6. The van der Waals surface area contributed by atoms with Crippen LogP contribution in [-0.2, 0) is 0 Å². The summed E-state index contributed by atoms with van der Waals surface area (Å²) >= 11 is 0. The van der Waals surface area contributed by atoms with Crippen molar-refractivity contribution in [3.05, 3.63) is 194 Å². The van der Waals surface area contributed by atoms with E-state index in [-0.39, 0.29) is 0 Å². The fourth-order valence-corrected chi connectivity index (χ4v) is 8.00. The zero-order chi connectivity index (χ0) is 37.0. The SMILES string of the molecule is c1ccc(-c2ccc3oc4cc(-c5cccc6c7ccccc7n(-c7cccc(-c8nc(-c9ccccc9)nc(-c9ccccc9)n8)c7)c56)ccc4c3c2)cc1. The van der Waals surface area contributed by atoms with E-state index < -0.39 is 0 Å². The van der Waals surface area contributed by atoms with E-state index in [0.717, 1.165) is 66.5 Å². The summed E-state index contributed by atoms with van der Waals surface area (Å²) in [4.78, 5) is 15.0. The molecule has 11 aromatic rings. The Labute approximate surface area is 322 Å². The van der Waals surface area contributed by atoms with Crippen LogP contribution in [0, 0.1) is 0 Å². The van der Waals surface area contributed by atoms with E-state index in [1.165, 1.54) is 21.9 Å². The van der Waals surface area contributed by atoms with E-state index in [4.69, 9.17) is 19.4 Å². The number of furan rings is 1. The maximum absolute atomic E-state index is 6.51. The van der Waals surface area contributed by atoms with Crippen molar-refractivity contribution in [1.82, 2.24) is 19.5 Å². The molecule has 11 rings (SSSR count). The van der Waals surface area contributed by atoms with E-state index in [1.807, 2.05) is 66.7 Å². The van der Waals surface area contributed by atoms with Gasteiger partial charge in [0.2, 0.25) is 0 Å². The number of hydrogen-bond donors (Lipinski definition) is 0. The predicted octanol–water partition coefficient (Wildman–Crippen LogP) is 13.2. The zero-order valence-corrected chi connectivity index (χ0v) is 30.2. The molecule has 262 valence electrons. The van der Waals surface area contributed by atoms with Gasteiger partial charge >= 0.3 is 0 Å². The van der Waals surface area contributed by atoms with Crippen LogP contribution >= 0.6 is 0 Å². The summed E-state index contributed by atoms with van der Waals surface area (Å²) in [7, 11) is 0. The molecule has 0 saturated heterocycles. The first-order valence-electron chi connectivity index (χ1n) is 18.8. The fourth-order valence-electron chi connectivity index (χ4n) is 8.00. The standard InChI is InChI=1S/C51H32N4O/c1-4-14-33(15-5-1)36-27-29-46-44(31-36)42-28-26-37(32-47(42)56-46)40-23-13-24-43-41-22-10-11-25-45(41)55(48(40)43)39-21-12-20-38(30-39)51-53-49(34-16-6-2-7-17-34)52-50(54-51)35-18-8-3-9-19-35/h1-32H. The van der Waals surface area contributed by atoms with E-state index in [0.29, 0.717) is 17.5 Å². The smallest absolute Gasteiger partial charge is 0.164 e. The molecule has 5 heteroatoms. The lowest BCUT2D eigenvalue weighted by molar-refractivity contribution is 0.669. The Balaban J connectivity index is 1.08. The fraction of sp³-hybridized carbons (Fsp3) is 0. The van der Waals surface area contributed by atoms with Crippen molar-refractivity contribution in [2.45, 2.75) is 0 Å². The van der Waals surface area contributed by atoms with Gasteiger partial charge in [-0.15, -0.1) is 0 Å². The van der Waals surface area contributed by atoms with Gasteiger partial charge in [0.05, 0.1) is 11.0 Å². The molecule has 3 aromatic heterocycles. The van der Waals surface area contributed by atoms with E-state index in [2.05, 4.69) is 132 Å². The first-order valence-corrected chi connectivity index (χ1v) is 18.8. The lowest BCUT2D eigenvalue weighted by atomic mass is 9.99. The summed E-state index contributed by atoms with van der Waals surface area (Å²) in [6.07, 6.45) is 0. The summed E-state index contributed by atoms with van der Waals surface area (Å²) < 4.78 is 8.88. The number of fused-ring (bicyclic) bond motifs is 6. The minimum atomic E-state index is 0.617. The molecule has 5 nitrogen and oxygen atoms in total. The first kappa shape index (κ1) is 31.9. The second kappa shape index (κ2) is 13.0. The van der Waals surface area contributed by atoms with Crippen LogP contribution in [0.5, 0.6) is 0 Å². The highest BCUT2D eigenvalue weighted by Crippen LogP contribution is 2.41. The van der Waals surface area contributed by atoms with Crippen molar-refractivity contribution in [2.24, 2.45) is 0 Å². The van der Waals surface area contributed by atoms with Crippen LogP contribution < -0.4 is 0 Å². The topological polar surface area (TPSA) is 56.7 Å². The van der Waals surface area contributed by atoms with E-state index in [1.54, 1.807) is 0 Å². The van der Waals surface area contributed by atoms with Crippen molar-refractivity contribution in [1.29, 1.82) is 0 Å². The first-order chi connectivity index (χ1) is 27.7. The van der Waals surface area contributed by atoms with Crippen LogP contribution in [0.3, 0.4) is 0 Å². The molecule has 0 aliphatic carbocycles. The zero-order valence-electron chi connectivity index (χ0n) is 30.2. The third kappa shape index (κ3) is 5.37. The molecule has 0 unspecified atom stereocenters. The van der Waals surface area contributed by atoms with Gasteiger partial charge in [-0.25, -0.2) is 15.0 Å². The van der Waals surface area contributed by atoms with Gasteiger partial charge < -0.3 is 8.98 Å². The summed E-state index contributed by atoms with van der Waals surface area (Å²) in [6.45, 7) is 0. The quantitative estimate of drug-likeness (QED) is 0.172. The molecule has 3 heterocycles. The third-order valence-electron chi connectivity index (χ3n) is 10.6. The number of hydrogen-bond acceptors (Lipinski definition) is 4. The summed E-state index contributed by atoms with van der Waals surface area (Å²) in [6, 6.07) is 67.5. The van der Waals surface area contributed by atoms with Gasteiger partial charge in [-0.3, -0.25) is 0 Å². The minimum absolute atomic E-state index is 0.617. The van der Waals surface area contributed by atoms with E-state index >= 15 is 0 Å². The van der Waals surface area contributed by atoms with Gasteiger partial charge in [0, 0.05) is 49.5 Å². The van der Waals surface area contributed by atoms with Gasteiger partial charge in [0.25, 0.3) is 0 Å². The lowest BCUT2D eigenvalue weighted by Gasteiger charge is -2.13. The highest BCUT2D eigenvalue weighted by molar-refractivity contribution is 6.15. The Hall–Kier alpha value is -7.63. The Bertz CT molecular complexity index is 3180. The second-order valence-electron chi connectivity index (χ2n) is 14.0. The molecule has 0 N–H and O–H groups in total. The van der Waals surface area contributed by atoms with Crippen LogP contribution in [0.25, 0.3) is 106 Å². The number of nitrogens with zero attached hydrogens (tertiary/aromatic N) is 4. The molecule has 0 aliphatic rings. The molecular formula is C51H32N4O. The van der Waals surface area contributed by atoms with Gasteiger partial charge in [-0.1, -0.05) is 152 Å². The molecule has 0 aliphatic heterocycles. The van der Waals surface area contributed by atoms with Gasteiger partial charge in [0.1, 0.15) is 11.2 Å². The van der Waals surface area contributed by atoms with Crippen LogP contribution in [0.2, 0.25) is 0 Å². The van der Waals surface area contributed by atoms with Crippen molar-refractivity contribution >= 4 is 43.7 Å². The van der Waals surface area contributed by atoms with Crippen molar-refractivity contribution in [3.8, 4) is 62.1 Å². The highest BCUT2D eigenvalue weighted by atomic mass is 16.3. The Morgan fingerprint density at radius 2 is 0.929 bits per heavy atom. The molecular weight excluding hydrogens is 685 g/mol. The van der Waals surface area contributed by atoms with E-state index in [9.17, 15) is 0 Å². The lowest BCUT2D eigenvalue weighted by Crippen LogP contribution is -2.01. The molecule has 0 fully saturated rings. The van der Waals surface area contributed by atoms with Crippen LogP contribution in [0.15, 0.2) is 199 Å². The van der Waals surface area contributed by atoms with Gasteiger partial charge in [-0.2, -0.15) is 0 Å². The number of para-hydroxylation sites is 2. The van der Waals surface area contributed by atoms with Crippen LogP contribution in [0.1, 0.15) is 0 Å². The molecule has 0 spiro atoms. The predicted molar refractivity (Wildman–Crippen MR) is 229 cm³/mol. The van der Waals surface area contributed by atoms with Crippen LogP contribution in [0.4, 0.5) is 0 Å². The number of rotatable bonds is 6. The Morgan fingerprint density at radius 3 is 1.66 bits per heavy atom. The molecule has 8 aromatic carbocycles. The van der Waals surface area contributed by atoms with Crippen molar-refractivity contribution in [3.63, 3.8) is 0 Å². The second-order valence-corrected chi connectivity index (χ2v) is 14.0. The molecule has 0 atom stereocenters. The van der Waals surface area contributed by atoms with Gasteiger partial charge in [0.15, 0.2) is 17.5 Å². The number of aromatic nitrogens is 4. The molecule has 56 heavy (non-hydrogen) atoms. The molecule has 0 bridgehead atoms. The largest absolute Gasteiger partial charge is 0.456 e. The average Bonchev–Trinajstić information content (AvgIpc) is 3.82. The summed E-state index contributed by atoms with van der Waals surface area (Å²) in [5, 5.41) is 4.58. The average molecular weight is 717 g/mol. The summed E-state index contributed by atoms with van der Waals surface area (Å²) in [5.41, 5.74) is 12.4. The van der Waals surface area contributed by atoms with Crippen molar-refractivity contribution < 1.29 is 4.42 Å². The van der Waals surface area contributed by atoms with Crippen molar-refractivity contribution in [2.75, 3.05) is 0 Å². The monoisotopic (exact) mass is 716 g/mol. The molecule has 0 amide bonds. The molecule has 0 saturated carbocycles. The van der Waals surface area contributed by atoms with Gasteiger partial charge in [-0.05, 0) is 59.2 Å².